The molecule has 0 aliphatic heterocycles. The number of carbonyl (C=O) groups excluding carboxylic acids is 1. The van der Waals surface area contributed by atoms with Gasteiger partial charge in [-0.1, -0.05) is 18.8 Å². The summed E-state index contributed by atoms with van der Waals surface area (Å²) < 4.78 is 1.86. The van der Waals surface area contributed by atoms with E-state index in [1.54, 1.807) is 17.2 Å². The van der Waals surface area contributed by atoms with Crippen molar-refractivity contribution in [3.63, 3.8) is 0 Å². The van der Waals surface area contributed by atoms with Crippen molar-refractivity contribution in [3.8, 4) is 11.8 Å². The molecule has 0 aromatic carbocycles. The maximum atomic E-state index is 13.6. The first-order valence-corrected chi connectivity index (χ1v) is 11.5. The zero-order valence-electron chi connectivity index (χ0n) is 18.9. The molecule has 1 N–H and O–H groups in total. The topological polar surface area (TPSA) is 75.4 Å². The third kappa shape index (κ3) is 5.76. The zero-order chi connectivity index (χ0) is 22.8. The van der Waals surface area contributed by atoms with Crippen LogP contribution in [0.4, 0.5) is 5.69 Å². The molecule has 166 valence electrons. The van der Waals surface area contributed by atoms with Gasteiger partial charge in [0.2, 0.25) is 5.91 Å². The molecule has 0 spiro atoms. The third-order valence-electron chi connectivity index (χ3n) is 5.61. The number of thiophene rings is 1. The molecule has 1 amide bonds. The Hall–Kier alpha value is -2.59. The average Bonchev–Trinajstić information content (AvgIpc) is 3.30. The van der Waals surface area contributed by atoms with Crippen LogP contribution in [0, 0.1) is 29.1 Å². The molecular weight excluding hydrogens is 410 g/mol. The lowest BCUT2D eigenvalue weighted by atomic mass is 9.82. The average molecular weight is 442 g/mol. The van der Waals surface area contributed by atoms with Crippen molar-refractivity contribution < 1.29 is 14.7 Å². The monoisotopic (exact) mass is 441 g/mol. The van der Waals surface area contributed by atoms with E-state index in [9.17, 15) is 14.7 Å². The smallest absolute Gasteiger partial charge is 0.348 e. The van der Waals surface area contributed by atoms with E-state index in [1.807, 2.05) is 38.6 Å². The highest BCUT2D eigenvalue weighted by Crippen LogP contribution is 2.36. The van der Waals surface area contributed by atoms with E-state index in [4.69, 9.17) is 0 Å². The van der Waals surface area contributed by atoms with Crippen molar-refractivity contribution in [3.05, 3.63) is 34.0 Å². The molecule has 1 aliphatic rings. The Morgan fingerprint density at radius 3 is 2.52 bits per heavy atom. The van der Waals surface area contributed by atoms with Gasteiger partial charge in [0.1, 0.15) is 10.7 Å². The molecule has 0 unspecified atom stereocenters. The number of amides is 1. The summed E-state index contributed by atoms with van der Waals surface area (Å²) in [4.78, 5) is 32.4. The molecule has 3 rings (SSSR count). The maximum Gasteiger partial charge on any atom is 0.348 e. The Morgan fingerprint density at radius 1 is 1.29 bits per heavy atom. The molecule has 31 heavy (non-hydrogen) atoms. The molecule has 1 saturated carbocycles. The van der Waals surface area contributed by atoms with Gasteiger partial charge in [0.15, 0.2) is 0 Å². The first-order chi connectivity index (χ1) is 14.5. The highest BCUT2D eigenvalue weighted by atomic mass is 32.1. The predicted molar refractivity (Wildman–Crippen MR) is 123 cm³/mol. The molecule has 2 heterocycles. The van der Waals surface area contributed by atoms with Gasteiger partial charge in [0, 0.05) is 30.8 Å². The Bertz CT molecular complexity index is 1010. The minimum Gasteiger partial charge on any atom is -0.477 e. The Balaban J connectivity index is 2.02. The van der Waals surface area contributed by atoms with Gasteiger partial charge in [0.05, 0.1) is 17.1 Å². The lowest BCUT2D eigenvalue weighted by Gasteiger charge is -2.31. The number of aromatic nitrogens is 2. The summed E-state index contributed by atoms with van der Waals surface area (Å²) in [6.45, 7) is 8.47. The highest BCUT2D eigenvalue weighted by molar-refractivity contribution is 7.15. The van der Waals surface area contributed by atoms with Gasteiger partial charge in [-0.25, -0.2) is 9.78 Å². The number of carboxylic acid groups (broad SMARTS) is 1. The molecular formula is C24H31N3O3S. The van der Waals surface area contributed by atoms with Crippen molar-refractivity contribution in [2.24, 2.45) is 24.3 Å². The Labute approximate surface area is 188 Å². The van der Waals surface area contributed by atoms with Gasteiger partial charge < -0.3 is 14.6 Å². The normalized spacial score (nSPS) is 18.9. The molecule has 0 saturated heterocycles. The minimum absolute atomic E-state index is 0.0227. The van der Waals surface area contributed by atoms with Crippen LogP contribution in [0.1, 0.15) is 73.8 Å². The Kier molecular flexibility index (Phi) is 6.90. The molecule has 0 atom stereocenters. The van der Waals surface area contributed by atoms with Crippen molar-refractivity contribution in [1.82, 2.24) is 9.55 Å². The van der Waals surface area contributed by atoms with E-state index in [-0.39, 0.29) is 28.7 Å². The lowest BCUT2D eigenvalue weighted by Crippen LogP contribution is -2.38. The second kappa shape index (κ2) is 9.27. The number of rotatable bonds is 5. The largest absolute Gasteiger partial charge is 0.477 e. The summed E-state index contributed by atoms with van der Waals surface area (Å²) >= 11 is 1.12. The van der Waals surface area contributed by atoms with E-state index in [0.29, 0.717) is 22.3 Å². The van der Waals surface area contributed by atoms with Crippen molar-refractivity contribution in [1.29, 1.82) is 0 Å². The number of carbonyl (C=O) groups is 2. The van der Waals surface area contributed by atoms with Crippen LogP contribution >= 0.6 is 11.3 Å². The van der Waals surface area contributed by atoms with Gasteiger partial charge in [-0.15, -0.1) is 11.3 Å². The van der Waals surface area contributed by atoms with E-state index in [1.165, 1.54) is 0 Å². The number of hydrogen-bond acceptors (Lipinski definition) is 4. The summed E-state index contributed by atoms with van der Waals surface area (Å²) in [6.07, 6.45) is 7.22. The number of carboxylic acids is 1. The predicted octanol–water partition coefficient (Wildman–Crippen LogP) is 4.94. The molecule has 0 radical (unpaired) electrons. The van der Waals surface area contributed by atoms with Crippen LogP contribution in [0.3, 0.4) is 0 Å². The number of aryl methyl sites for hydroxylation is 1. The summed E-state index contributed by atoms with van der Waals surface area (Å²) in [5.41, 5.74) is 0.219. The fourth-order valence-electron chi connectivity index (χ4n) is 3.75. The van der Waals surface area contributed by atoms with Crippen molar-refractivity contribution in [2.75, 3.05) is 4.90 Å². The standard InChI is InChI=1S/C24H31N3O3S/c1-16-6-8-17(9-7-16)22(28)27(15-20-25-12-13-26(20)5)19-14-18(10-11-24(2,3)4)31-21(19)23(29)30/h12-14,16-17H,6-9,15H2,1-5H3,(H,29,30)/t16-,17-. The molecule has 6 nitrogen and oxygen atoms in total. The van der Waals surface area contributed by atoms with E-state index >= 15 is 0 Å². The van der Waals surface area contributed by atoms with E-state index in [0.717, 1.165) is 37.0 Å². The van der Waals surface area contributed by atoms with Crippen LogP contribution in [0.25, 0.3) is 0 Å². The van der Waals surface area contributed by atoms with Gasteiger partial charge in [-0.3, -0.25) is 4.79 Å². The second-order valence-corrected chi connectivity index (χ2v) is 10.5. The number of imidazole rings is 1. The highest BCUT2D eigenvalue weighted by Gasteiger charge is 2.32. The van der Waals surface area contributed by atoms with Gasteiger partial charge in [-0.2, -0.15) is 0 Å². The van der Waals surface area contributed by atoms with Crippen LogP contribution < -0.4 is 4.90 Å². The molecule has 1 fully saturated rings. The van der Waals surface area contributed by atoms with E-state index in [2.05, 4.69) is 23.7 Å². The summed E-state index contributed by atoms with van der Waals surface area (Å²) in [5, 5.41) is 9.87. The van der Waals surface area contributed by atoms with Crippen LogP contribution in [-0.2, 0) is 18.4 Å². The van der Waals surface area contributed by atoms with Crippen molar-refractivity contribution in [2.45, 2.75) is 59.9 Å². The number of nitrogens with zero attached hydrogens (tertiary/aromatic N) is 3. The third-order valence-corrected chi connectivity index (χ3v) is 6.64. The number of anilines is 1. The van der Waals surface area contributed by atoms with Crippen LogP contribution in [0.5, 0.6) is 0 Å². The van der Waals surface area contributed by atoms with Crippen LogP contribution in [0.15, 0.2) is 18.5 Å². The van der Waals surface area contributed by atoms with Crippen LogP contribution in [0.2, 0.25) is 0 Å². The molecule has 1 aliphatic carbocycles. The molecule has 7 heteroatoms. The van der Waals surface area contributed by atoms with E-state index < -0.39 is 5.97 Å². The molecule has 0 bridgehead atoms. The minimum atomic E-state index is -1.04. The number of hydrogen-bond donors (Lipinski definition) is 1. The molecule has 2 aromatic heterocycles. The number of aromatic carboxylic acids is 1. The van der Waals surface area contributed by atoms with Crippen molar-refractivity contribution >= 4 is 28.9 Å². The quantitative estimate of drug-likeness (QED) is 0.667. The SMILES string of the molecule is Cn1ccnc1CN(c1cc(C#CC(C)(C)C)sc1C(=O)O)C(=O)[C@H]1CC[C@H](C)CC1. The first-order valence-electron chi connectivity index (χ1n) is 10.7. The van der Waals surface area contributed by atoms with Gasteiger partial charge in [-0.05, 0) is 58.4 Å². The lowest BCUT2D eigenvalue weighted by molar-refractivity contribution is -0.123. The second-order valence-electron chi connectivity index (χ2n) is 9.47. The summed E-state index contributed by atoms with van der Waals surface area (Å²) in [7, 11) is 1.87. The van der Waals surface area contributed by atoms with Crippen LogP contribution in [-0.4, -0.2) is 26.5 Å². The summed E-state index contributed by atoms with van der Waals surface area (Å²) in [5.74, 6) is 6.43. The fourth-order valence-corrected chi connectivity index (χ4v) is 4.60. The Morgan fingerprint density at radius 2 is 1.97 bits per heavy atom. The fraction of sp³-hybridized carbons (Fsp3) is 0.542. The maximum absolute atomic E-state index is 13.6. The zero-order valence-corrected chi connectivity index (χ0v) is 19.8. The first kappa shape index (κ1) is 23.1. The summed E-state index contributed by atoms with van der Waals surface area (Å²) in [6, 6.07) is 1.75. The van der Waals surface area contributed by atoms with Gasteiger partial charge in [0.25, 0.3) is 0 Å². The van der Waals surface area contributed by atoms with Gasteiger partial charge >= 0.3 is 5.97 Å². The molecule has 2 aromatic rings.